The van der Waals surface area contributed by atoms with E-state index in [2.05, 4.69) is 20.3 Å². The molecular weight excluding hydrogens is 431 g/mol. The maximum atomic E-state index is 13.5. The van der Waals surface area contributed by atoms with Crippen LogP contribution in [0.25, 0.3) is 16.8 Å². The van der Waals surface area contributed by atoms with Crippen LogP contribution in [0.1, 0.15) is 12.8 Å². The van der Waals surface area contributed by atoms with E-state index in [1.807, 2.05) is 30.5 Å². The normalized spacial score (nSPS) is 14.7. The predicted molar refractivity (Wildman–Crippen MR) is 123 cm³/mol. The van der Waals surface area contributed by atoms with Crippen LogP contribution < -0.4 is 15.0 Å². The highest BCUT2D eigenvalue weighted by Gasteiger charge is 2.21. The summed E-state index contributed by atoms with van der Waals surface area (Å²) in [4.78, 5) is 11.2. The van der Waals surface area contributed by atoms with E-state index in [0.29, 0.717) is 22.5 Å². The summed E-state index contributed by atoms with van der Waals surface area (Å²) in [5.74, 6) is 0.819. The lowest BCUT2D eigenvalue weighted by atomic mass is 10.0. The summed E-state index contributed by atoms with van der Waals surface area (Å²) in [6.45, 7) is 1.82. The highest BCUT2D eigenvalue weighted by Crippen LogP contribution is 2.31. The molecule has 0 amide bonds. The van der Waals surface area contributed by atoms with E-state index in [4.69, 9.17) is 21.3 Å². The lowest BCUT2D eigenvalue weighted by Gasteiger charge is -2.33. The van der Waals surface area contributed by atoms with Crippen LogP contribution in [0.4, 0.5) is 16.0 Å². The Morgan fingerprint density at radius 1 is 1.12 bits per heavy atom. The van der Waals surface area contributed by atoms with Crippen molar-refractivity contribution in [2.75, 3.05) is 30.4 Å². The second kappa shape index (κ2) is 8.63. The lowest BCUT2D eigenvalue weighted by Crippen LogP contribution is -2.39. The summed E-state index contributed by atoms with van der Waals surface area (Å²) in [6, 6.07) is 12.4. The largest absolute Gasteiger partial charge is 0.481 e. The van der Waals surface area contributed by atoms with Crippen LogP contribution in [-0.2, 0) is 0 Å². The number of piperidine rings is 1. The lowest BCUT2D eigenvalue weighted by molar-refractivity contribution is 0.397. The Kier molecular flexibility index (Phi) is 5.53. The highest BCUT2D eigenvalue weighted by molar-refractivity contribution is 6.33. The molecule has 7 nitrogen and oxygen atoms in total. The van der Waals surface area contributed by atoms with Gasteiger partial charge in [-0.3, -0.25) is 0 Å². The topological polar surface area (TPSA) is 67.6 Å². The van der Waals surface area contributed by atoms with Crippen molar-refractivity contribution in [2.45, 2.75) is 18.9 Å². The number of rotatable bonds is 5. The molecule has 164 valence electrons. The number of pyridine rings is 2. The van der Waals surface area contributed by atoms with Gasteiger partial charge in [-0.1, -0.05) is 11.6 Å². The summed E-state index contributed by atoms with van der Waals surface area (Å²) >= 11 is 6.28. The van der Waals surface area contributed by atoms with Crippen LogP contribution in [0.5, 0.6) is 5.88 Å². The van der Waals surface area contributed by atoms with E-state index in [1.54, 1.807) is 23.9 Å². The Hall–Kier alpha value is -3.39. The summed E-state index contributed by atoms with van der Waals surface area (Å²) in [5, 5.41) is 8.39. The van der Waals surface area contributed by atoms with Crippen LogP contribution in [-0.4, -0.2) is 45.8 Å². The van der Waals surface area contributed by atoms with Gasteiger partial charge in [0.25, 0.3) is 0 Å². The highest BCUT2D eigenvalue weighted by atomic mass is 35.5. The molecular formula is C23H22ClFN6O. The van der Waals surface area contributed by atoms with Crippen LogP contribution >= 0.6 is 11.6 Å². The predicted octanol–water partition coefficient (Wildman–Crippen LogP) is 4.67. The van der Waals surface area contributed by atoms with Crippen molar-refractivity contribution >= 4 is 28.9 Å². The first-order valence-corrected chi connectivity index (χ1v) is 10.8. The minimum Gasteiger partial charge on any atom is -0.481 e. The van der Waals surface area contributed by atoms with E-state index in [0.717, 1.165) is 42.7 Å². The zero-order chi connectivity index (χ0) is 22.1. The van der Waals surface area contributed by atoms with Gasteiger partial charge < -0.3 is 15.0 Å². The van der Waals surface area contributed by atoms with Crippen LogP contribution in [0.15, 0.2) is 54.9 Å². The molecule has 0 aliphatic carbocycles. The standard InChI is InChI=1S/C23H22ClFN6O/c1-32-21-14-17(6-9-26-21)30-11-7-16(8-12-30)27-23-28-22-19(3-2-10-31(22)29-23)18-5-4-15(25)13-20(18)24/h2-6,9-10,13-14,16H,7-8,11-12H2,1H3,(H,27,29). The molecule has 0 radical (unpaired) electrons. The molecule has 1 saturated heterocycles. The van der Waals surface area contributed by atoms with Gasteiger partial charge in [0.2, 0.25) is 11.8 Å². The van der Waals surface area contributed by atoms with Gasteiger partial charge in [-0.2, -0.15) is 4.98 Å². The number of halogens is 2. The third-order valence-corrected chi connectivity index (χ3v) is 6.02. The van der Waals surface area contributed by atoms with E-state index in [1.165, 1.54) is 12.1 Å². The van der Waals surface area contributed by atoms with Gasteiger partial charge in [0, 0.05) is 54.4 Å². The summed E-state index contributed by atoms with van der Waals surface area (Å²) < 4.78 is 20.4. The van der Waals surface area contributed by atoms with E-state index in [-0.39, 0.29) is 11.9 Å². The summed E-state index contributed by atoms with van der Waals surface area (Å²) in [5.41, 5.74) is 3.31. The van der Waals surface area contributed by atoms with Crippen LogP contribution in [0.3, 0.4) is 0 Å². The maximum absolute atomic E-state index is 13.5. The average molecular weight is 453 g/mol. The molecule has 1 fully saturated rings. The molecule has 4 heterocycles. The molecule has 1 N–H and O–H groups in total. The fourth-order valence-electron chi connectivity index (χ4n) is 4.06. The number of hydrogen-bond acceptors (Lipinski definition) is 6. The SMILES string of the molecule is COc1cc(N2CCC(Nc3nc4c(-c5ccc(F)cc5Cl)cccn4n3)CC2)ccn1. The number of methoxy groups -OCH3 is 1. The van der Waals surface area contributed by atoms with Crippen molar-refractivity contribution in [3.63, 3.8) is 0 Å². The Labute approximate surface area is 189 Å². The minimum atomic E-state index is -0.369. The third kappa shape index (κ3) is 4.05. The van der Waals surface area contributed by atoms with Crippen molar-refractivity contribution in [3.8, 4) is 17.0 Å². The first kappa shape index (κ1) is 20.5. The first-order valence-electron chi connectivity index (χ1n) is 10.4. The fraction of sp³-hybridized carbons (Fsp3) is 0.261. The monoisotopic (exact) mass is 452 g/mol. The molecule has 5 rings (SSSR count). The fourth-order valence-corrected chi connectivity index (χ4v) is 4.33. The number of aromatic nitrogens is 4. The van der Waals surface area contributed by atoms with Crippen LogP contribution in [0.2, 0.25) is 5.02 Å². The average Bonchev–Trinajstić information content (AvgIpc) is 3.22. The van der Waals surface area contributed by atoms with Crippen molar-refractivity contribution < 1.29 is 9.13 Å². The van der Waals surface area contributed by atoms with Crippen molar-refractivity contribution in [1.82, 2.24) is 19.6 Å². The molecule has 1 aliphatic rings. The number of fused-ring (bicyclic) bond motifs is 1. The van der Waals surface area contributed by atoms with Gasteiger partial charge in [-0.25, -0.2) is 13.9 Å². The Balaban J connectivity index is 1.31. The molecule has 0 atom stereocenters. The van der Waals surface area contributed by atoms with Crippen molar-refractivity contribution in [2.24, 2.45) is 0 Å². The molecule has 9 heteroatoms. The molecule has 0 saturated carbocycles. The minimum absolute atomic E-state index is 0.269. The first-order chi connectivity index (χ1) is 15.6. The molecule has 3 aromatic heterocycles. The molecule has 0 bridgehead atoms. The maximum Gasteiger partial charge on any atom is 0.243 e. The Bertz CT molecular complexity index is 1250. The molecule has 0 unspecified atom stereocenters. The second-order valence-electron chi connectivity index (χ2n) is 7.71. The van der Waals surface area contributed by atoms with Gasteiger partial charge in [0.05, 0.1) is 12.1 Å². The smallest absolute Gasteiger partial charge is 0.243 e. The van der Waals surface area contributed by atoms with Crippen LogP contribution in [0, 0.1) is 5.82 Å². The van der Waals surface area contributed by atoms with Gasteiger partial charge in [0.15, 0.2) is 5.65 Å². The van der Waals surface area contributed by atoms with Gasteiger partial charge in [0.1, 0.15) is 5.82 Å². The molecule has 32 heavy (non-hydrogen) atoms. The quantitative estimate of drug-likeness (QED) is 0.474. The summed E-state index contributed by atoms with van der Waals surface area (Å²) in [6.07, 6.45) is 5.52. The number of benzene rings is 1. The molecule has 1 aromatic carbocycles. The van der Waals surface area contributed by atoms with E-state index in [9.17, 15) is 4.39 Å². The number of anilines is 2. The number of hydrogen-bond donors (Lipinski definition) is 1. The van der Waals surface area contributed by atoms with Crippen molar-refractivity contribution in [1.29, 1.82) is 0 Å². The molecule has 1 aliphatic heterocycles. The van der Waals surface area contributed by atoms with Gasteiger partial charge in [-0.05, 0) is 49.2 Å². The zero-order valence-electron chi connectivity index (χ0n) is 17.5. The Morgan fingerprint density at radius 2 is 1.97 bits per heavy atom. The van der Waals surface area contributed by atoms with Gasteiger partial charge >= 0.3 is 0 Å². The van der Waals surface area contributed by atoms with E-state index >= 15 is 0 Å². The Morgan fingerprint density at radius 3 is 2.75 bits per heavy atom. The summed E-state index contributed by atoms with van der Waals surface area (Å²) in [7, 11) is 1.62. The number of nitrogens with zero attached hydrogens (tertiary/aromatic N) is 5. The number of nitrogens with one attached hydrogen (secondary N) is 1. The zero-order valence-corrected chi connectivity index (χ0v) is 18.3. The molecule has 4 aromatic rings. The molecule has 0 spiro atoms. The second-order valence-corrected chi connectivity index (χ2v) is 8.12. The number of ether oxygens (including phenoxy) is 1. The van der Waals surface area contributed by atoms with E-state index < -0.39 is 0 Å². The van der Waals surface area contributed by atoms with Gasteiger partial charge in [-0.15, -0.1) is 5.10 Å². The van der Waals surface area contributed by atoms with Crippen molar-refractivity contribution in [3.05, 3.63) is 65.7 Å². The third-order valence-electron chi connectivity index (χ3n) is 5.70.